The van der Waals surface area contributed by atoms with Crippen LogP contribution in [0.25, 0.3) is 35.2 Å². The number of carboxylic acids is 1. The van der Waals surface area contributed by atoms with Gasteiger partial charge in [0, 0.05) is 11.4 Å². The molecule has 0 radical (unpaired) electrons. The van der Waals surface area contributed by atoms with Crippen LogP contribution in [0, 0.1) is 17.7 Å². The Morgan fingerprint density at radius 3 is 2.62 bits per heavy atom. The molecule has 0 N–H and O–H groups in total. The summed E-state index contributed by atoms with van der Waals surface area (Å²) in [5.41, 5.74) is 7.36. The number of aliphatic carboxylic acids is 1. The van der Waals surface area contributed by atoms with Crippen LogP contribution in [0.1, 0.15) is 51.6 Å². The maximum atomic E-state index is 13.8. The van der Waals surface area contributed by atoms with Crippen molar-refractivity contribution >= 4 is 64.5 Å². The van der Waals surface area contributed by atoms with E-state index in [2.05, 4.69) is 59.6 Å². The number of thioether (sulfide) groups is 1. The average molecular weight is 564 g/mol. The molecule has 2 aliphatic carbocycles. The van der Waals surface area contributed by atoms with E-state index in [0.29, 0.717) is 16.8 Å². The molecule has 0 spiro atoms. The van der Waals surface area contributed by atoms with E-state index < -0.39 is 11.8 Å². The van der Waals surface area contributed by atoms with Gasteiger partial charge in [-0.25, -0.2) is 9.37 Å². The molecule has 4 aromatic rings. The van der Waals surface area contributed by atoms with E-state index in [1.165, 1.54) is 28.3 Å². The van der Waals surface area contributed by atoms with Crippen LogP contribution in [-0.4, -0.2) is 16.7 Å². The predicted octanol–water partition coefficient (Wildman–Crippen LogP) is 4.28. The van der Waals surface area contributed by atoms with Crippen molar-refractivity contribution < 1.29 is 43.8 Å². The summed E-state index contributed by atoms with van der Waals surface area (Å²) in [6, 6.07) is 21.6. The summed E-state index contributed by atoms with van der Waals surface area (Å²) in [7, 11) is 0. The number of pyridine rings is 1. The Hall–Kier alpha value is -2.41. The van der Waals surface area contributed by atoms with Gasteiger partial charge in [0.15, 0.2) is 0 Å². The molecule has 6 rings (SSSR count). The summed E-state index contributed by atoms with van der Waals surface area (Å²) >= 11 is 7.84. The number of fused-ring (bicyclic) bond motifs is 3. The number of hydrogen-bond donors (Lipinski definition) is 0. The second-order valence-electron chi connectivity index (χ2n) is 9.92. The molecule has 0 bridgehead atoms. The third-order valence-electron chi connectivity index (χ3n) is 7.29. The second kappa shape index (κ2) is 12.0. The summed E-state index contributed by atoms with van der Waals surface area (Å²) in [5, 5.41) is 11.9. The number of aromatic nitrogens is 1. The zero-order valence-corrected chi connectivity index (χ0v) is 25.0. The molecule has 0 aliphatic heterocycles. The van der Waals surface area contributed by atoms with Crippen LogP contribution < -0.4 is 34.7 Å². The molecule has 3 aromatic carbocycles. The maximum absolute atomic E-state index is 13.8. The number of carboxylic acid groups (broad SMARTS) is 1. The molecular weight excluding hydrogens is 540 g/mol. The SMILES string of the molecule is O=C([O-])CC1CC1CSC1c2ccccc2C=Cc2ccc(/C=C/c3ccc4cc(F)c(Cl)cc4n3)cc21.[Na+]. The molecule has 0 saturated heterocycles. The summed E-state index contributed by atoms with van der Waals surface area (Å²) in [5.74, 6) is 0.175. The number of hydrogen-bond acceptors (Lipinski definition) is 4. The van der Waals surface area contributed by atoms with Crippen LogP contribution in [0.5, 0.6) is 0 Å². The van der Waals surface area contributed by atoms with Crippen molar-refractivity contribution in [2.45, 2.75) is 18.1 Å². The number of carbonyl (C=O) groups is 1. The van der Waals surface area contributed by atoms with Crippen LogP contribution in [-0.2, 0) is 4.79 Å². The first-order chi connectivity index (χ1) is 18.4. The fraction of sp³-hybridized carbons (Fsp3) is 0.188. The normalized spacial score (nSPS) is 19.3. The number of benzene rings is 3. The molecular formula is C32H24ClFNNaO2S. The minimum absolute atomic E-state index is 0. The minimum atomic E-state index is -0.954. The molecule has 190 valence electrons. The van der Waals surface area contributed by atoms with Crippen molar-refractivity contribution in [3.05, 3.63) is 111 Å². The molecule has 7 heteroatoms. The summed E-state index contributed by atoms with van der Waals surface area (Å²) in [6.45, 7) is 0. The molecule has 1 aromatic heterocycles. The van der Waals surface area contributed by atoms with Gasteiger partial charge in [-0.2, -0.15) is 0 Å². The van der Waals surface area contributed by atoms with Gasteiger partial charge in [-0.3, -0.25) is 0 Å². The molecule has 3 unspecified atom stereocenters. The van der Waals surface area contributed by atoms with Crippen LogP contribution in [0.3, 0.4) is 0 Å². The van der Waals surface area contributed by atoms with Gasteiger partial charge in [-0.05, 0) is 88.6 Å². The van der Waals surface area contributed by atoms with E-state index in [4.69, 9.17) is 11.6 Å². The molecule has 0 amide bonds. The van der Waals surface area contributed by atoms with Crippen LogP contribution >= 0.6 is 23.4 Å². The fourth-order valence-electron chi connectivity index (χ4n) is 5.11. The standard InChI is InChI=1S/C32H25ClFNO2S.Na/c33-28-17-30-22(15-29(28)34)10-12-25(35-30)11-6-19-5-7-21-9-8-20-3-1-2-4-26(20)32(27(21)13-19)38-18-24-14-23(24)16-31(36)37;/h1-13,15,17,23-24,32H,14,16,18H2,(H,36,37);/q;+1/p-1/b11-6+;. The van der Waals surface area contributed by atoms with E-state index >= 15 is 0 Å². The van der Waals surface area contributed by atoms with Gasteiger partial charge in [0.25, 0.3) is 0 Å². The van der Waals surface area contributed by atoms with Gasteiger partial charge in [-0.1, -0.05) is 72.3 Å². The Bertz CT molecular complexity index is 1620. The Labute approximate surface area is 258 Å². The van der Waals surface area contributed by atoms with Gasteiger partial charge < -0.3 is 9.90 Å². The average Bonchev–Trinajstić information content (AvgIpc) is 3.67. The quantitative estimate of drug-likeness (QED) is 0.315. The van der Waals surface area contributed by atoms with Gasteiger partial charge in [-0.15, -0.1) is 11.8 Å². The van der Waals surface area contributed by atoms with Gasteiger partial charge in [0.2, 0.25) is 0 Å². The summed E-state index contributed by atoms with van der Waals surface area (Å²) in [6.07, 6.45) is 9.46. The molecule has 1 heterocycles. The van der Waals surface area contributed by atoms with Gasteiger partial charge in [0.1, 0.15) is 5.82 Å². The van der Waals surface area contributed by atoms with E-state index in [-0.39, 0.29) is 52.2 Å². The predicted molar refractivity (Wildman–Crippen MR) is 153 cm³/mol. The van der Waals surface area contributed by atoms with Crippen molar-refractivity contribution in [1.29, 1.82) is 0 Å². The van der Waals surface area contributed by atoms with E-state index in [0.717, 1.165) is 23.4 Å². The number of halogens is 2. The third kappa shape index (κ3) is 6.34. The van der Waals surface area contributed by atoms with E-state index in [1.807, 2.05) is 36.0 Å². The number of carbonyl (C=O) groups excluding carboxylic acids is 1. The van der Waals surface area contributed by atoms with E-state index in [1.54, 1.807) is 6.07 Å². The minimum Gasteiger partial charge on any atom is -0.550 e. The largest absolute Gasteiger partial charge is 1.00 e. The fourth-order valence-corrected chi connectivity index (χ4v) is 6.89. The second-order valence-corrected chi connectivity index (χ2v) is 11.5. The molecule has 39 heavy (non-hydrogen) atoms. The smallest absolute Gasteiger partial charge is 0.550 e. The third-order valence-corrected chi connectivity index (χ3v) is 9.04. The Kier molecular flexibility index (Phi) is 8.65. The van der Waals surface area contributed by atoms with Crippen molar-refractivity contribution in [2.24, 2.45) is 11.8 Å². The molecule has 1 saturated carbocycles. The van der Waals surface area contributed by atoms with Gasteiger partial charge in [0.05, 0.1) is 21.5 Å². The van der Waals surface area contributed by atoms with E-state index in [9.17, 15) is 14.3 Å². The van der Waals surface area contributed by atoms with Crippen LogP contribution in [0.4, 0.5) is 4.39 Å². The molecule has 3 atom stereocenters. The number of nitrogens with zero attached hydrogens (tertiary/aromatic N) is 1. The monoisotopic (exact) mass is 563 g/mol. The first kappa shape index (κ1) is 28.1. The maximum Gasteiger partial charge on any atom is 1.00 e. The van der Waals surface area contributed by atoms with Crippen LogP contribution in [0.15, 0.2) is 66.7 Å². The Morgan fingerprint density at radius 1 is 1.00 bits per heavy atom. The van der Waals surface area contributed by atoms with Crippen molar-refractivity contribution in [3.8, 4) is 0 Å². The summed E-state index contributed by atoms with van der Waals surface area (Å²) in [4.78, 5) is 15.6. The Morgan fingerprint density at radius 2 is 1.79 bits per heavy atom. The first-order valence-corrected chi connectivity index (χ1v) is 14.0. The zero-order chi connectivity index (χ0) is 26.2. The van der Waals surface area contributed by atoms with Gasteiger partial charge >= 0.3 is 29.6 Å². The zero-order valence-electron chi connectivity index (χ0n) is 21.4. The topological polar surface area (TPSA) is 53.0 Å². The van der Waals surface area contributed by atoms with Crippen molar-refractivity contribution in [3.63, 3.8) is 0 Å². The molecule has 2 aliphatic rings. The van der Waals surface area contributed by atoms with Crippen molar-refractivity contribution in [1.82, 2.24) is 4.98 Å². The molecule has 3 nitrogen and oxygen atoms in total. The Balaban J connectivity index is 0.00000308. The molecule has 1 fully saturated rings. The number of rotatable bonds is 7. The first-order valence-electron chi connectivity index (χ1n) is 12.6. The summed E-state index contributed by atoms with van der Waals surface area (Å²) < 4.78 is 13.8. The van der Waals surface area contributed by atoms with Crippen LogP contribution in [0.2, 0.25) is 5.02 Å². The van der Waals surface area contributed by atoms with Crippen molar-refractivity contribution in [2.75, 3.05) is 5.75 Å².